The fraction of sp³-hybridized carbons (Fsp3) is 0.500. The van der Waals surface area contributed by atoms with Gasteiger partial charge in [-0.05, 0) is 44.7 Å². The molecule has 0 bridgehead atoms. The van der Waals surface area contributed by atoms with E-state index in [0.717, 1.165) is 37.5 Å². The van der Waals surface area contributed by atoms with Crippen LogP contribution in [0.25, 0.3) is 10.2 Å². The number of carbonyl (C=O) groups excluding carboxylic acids is 2. The summed E-state index contributed by atoms with van der Waals surface area (Å²) in [7, 11) is 1.50. The van der Waals surface area contributed by atoms with E-state index in [0.29, 0.717) is 23.2 Å². The third-order valence-electron chi connectivity index (χ3n) is 4.49. The van der Waals surface area contributed by atoms with Crippen LogP contribution in [0.3, 0.4) is 0 Å². The van der Waals surface area contributed by atoms with Crippen molar-refractivity contribution in [2.24, 2.45) is 5.73 Å². The monoisotopic (exact) mass is 348 g/mol. The van der Waals surface area contributed by atoms with Crippen LogP contribution in [0.5, 0.6) is 0 Å². The van der Waals surface area contributed by atoms with Gasteiger partial charge in [0.15, 0.2) is 0 Å². The lowest BCUT2D eigenvalue weighted by molar-refractivity contribution is -0.111. The zero-order chi connectivity index (χ0) is 17.3. The number of nitrogens with two attached hydrogens (primary N) is 1. The number of hydrogen-bond acceptors (Lipinski definition) is 6. The standard InChI is InChI=1S/C15H15N3O3S.CH5N/c19-7-8-3-2-6-18(8)15(21)12-16-13(20)11-9-4-1-5-10(9)22-14(11)17-12;1-2/h7-8H,1-6H2,(H,16,17,20);2H2,1H3. The number of aryl methyl sites for hydroxylation is 2. The van der Waals surface area contributed by atoms with Crippen LogP contribution in [0.15, 0.2) is 4.79 Å². The number of fused-ring (bicyclic) bond motifs is 3. The van der Waals surface area contributed by atoms with Crippen LogP contribution in [0, 0.1) is 0 Å². The highest BCUT2D eigenvalue weighted by molar-refractivity contribution is 7.18. The Labute approximate surface area is 142 Å². The Morgan fingerprint density at radius 3 is 2.92 bits per heavy atom. The number of aromatic nitrogens is 2. The fourth-order valence-corrected chi connectivity index (χ4v) is 4.69. The van der Waals surface area contributed by atoms with Crippen LogP contribution < -0.4 is 11.3 Å². The third-order valence-corrected chi connectivity index (χ3v) is 5.68. The summed E-state index contributed by atoms with van der Waals surface area (Å²) in [5.41, 5.74) is 5.36. The molecule has 0 aromatic carbocycles. The van der Waals surface area contributed by atoms with Crippen LogP contribution in [-0.2, 0) is 17.6 Å². The van der Waals surface area contributed by atoms with Crippen molar-refractivity contribution < 1.29 is 9.59 Å². The first kappa shape index (κ1) is 16.8. The van der Waals surface area contributed by atoms with E-state index in [2.05, 4.69) is 15.7 Å². The molecule has 4 rings (SSSR count). The van der Waals surface area contributed by atoms with E-state index in [4.69, 9.17) is 0 Å². The number of nitrogens with one attached hydrogen (secondary N) is 1. The minimum absolute atomic E-state index is 0.0474. The van der Waals surface area contributed by atoms with E-state index < -0.39 is 6.04 Å². The van der Waals surface area contributed by atoms with E-state index in [1.807, 2.05) is 0 Å². The molecule has 1 unspecified atom stereocenters. The summed E-state index contributed by atoms with van der Waals surface area (Å²) >= 11 is 1.51. The highest BCUT2D eigenvalue weighted by atomic mass is 32.1. The number of hydrogen-bond donors (Lipinski definition) is 2. The molecule has 7 nitrogen and oxygen atoms in total. The summed E-state index contributed by atoms with van der Waals surface area (Å²) in [6.07, 6.45) is 5.24. The number of nitrogens with zero attached hydrogens (tertiary/aromatic N) is 2. The Kier molecular flexibility index (Phi) is 4.77. The highest BCUT2D eigenvalue weighted by Crippen LogP contribution is 2.34. The summed E-state index contributed by atoms with van der Waals surface area (Å²) in [6.45, 7) is 0.533. The minimum atomic E-state index is -0.401. The predicted molar refractivity (Wildman–Crippen MR) is 92.5 cm³/mol. The Hall–Kier alpha value is -2.06. The van der Waals surface area contributed by atoms with Crippen molar-refractivity contribution in [2.75, 3.05) is 13.6 Å². The molecule has 24 heavy (non-hydrogen) atoms. The van der Waals surface area contributed by atoms with Gasteiger partial charge in [-0.25, -0.2) is 4.98 Å². The van der Waals surface area contributed by atoms with Crippen molar-refractivity contribution in [3.05, 3.63) is 26.6 Å². The van der Waals surface area contributed by atoms with Gasteiger partial charge in [0, 0.05) is 11.4 Å². The summed E-state index contributed by atoms with van der Waals surface area (Å²) < 4.78 is 0. The van der Waals surface area contributed by atoms with Gasteiger partial charge >= 0.3 is 0 Å². The van der Waals surface area contributed by atoms with Gasteiger partial charge in [-0.15, -0.1) is 11.3 Å². The Morgan fingerprint density at radius 2 is 2.17 bits per heavy atom. The number of aldehydes is 1. The summed E-state index contributed by atoms with van der Waals surface area (Å²) in [5.74, 6) is -0.312. The topological polar surface area (TPSA) is 109 Å². The molecule has 128 valence electrons. The second kappa shape index (κ2) is 6.82. The third kappa shape index (κ3) is 2.65. The summed E-state index contributed by atoms with van der Waals surface area (Å²) in [5, 5.41) is 0.641. The number of amides is 1. The summed E-state index contributed by atoms with van der Waals surface area (Å²) in [6, 6.07) is -0.401. The zero-order valence-corrected chi connectivity index (χ0v) is 14.3. The van der Waals surface area contributed by atoms with Crippen molar-refractivity contribution >= 4 is 33.7 Å². The molecule has 1 amide bonds. The molecular weight excluding hydrogens is 328 g/mol. The Balaban J connectivity index is 0.000000815. The molecule has 1 fully saturated rings. The molecule has 3 N–H and O–H groups in total. The van der Waals surface area contributed by atoms with Gasteiger partial charge in [0.2, 0.25) is 5.82 Å². The molecule has 0 saturated carbocycles. The van der Waals surface area contributed by atoms with Crippen LogP contribution >= 0.6 is 11.3 Å². The maximum absolute atomic E-state index is 12.5. The van der Waals surface area contributed by atoms with Gasteiger partial charge in [-0.3, -0.25) is 9.59 Å². The zero-order valence-electron chi connectivity index (χ0n) is 13.5. The second-order valence-corrected chi connectivity index (χ2v) is 6.88. The molecule has 8 heteroatoms. The number of H-pyrrole nitrogens is 1. The van der Waals surface area contributed by atoms with E-state index in [1.165, 1.54) is 28.2 Å². The molecule has 3 heterocycles. The number of likely N-dealkylation sites (tertiary alicyclic amines) is 1. The van der Waals surface area contributed by atoms with Crippen molar-refractivity contribution in [2.45, 2.75) is 38.1 Å². The molecule has 2 aromatic heterocycles. The first-order valence-corrected chi connectivity index (χ1v) is 8.89. The number of rotatable bonds is 2. The molecule has 1 atom stereocenters. The van der Waals surface area contributed by atoms with Gasteiger partial charge in [-0.2, -0.15) is 0 Å². The quantitative estimate of drug-likeness (QED) is 0.782. The first-order valence-electron chi connectivity index (χ1n) is 8.07. The molecular formula is C16H20N4O3S. The van der Waals surface area contributed by atoms with E-state index in [9.17, 15) is 14.4 Å². The van der Waals surface area contributed by atoms with E-state index in [1.54, 1.807) is 0 Å². The van der Waals surface area contributed by atoms with E-state index in [-0.39, 0.29) is 17.3 Å². The number of carbonyl (C=O) groups is 2. The maximum Gasteiger partial charge on any atom is 0.290 e. The largest absolute Gasteiger partial charge is 0.333 e. The molecule has 1 aliphatic heterocycles. The van der Waals surface area contributed by atoms with Crippen LogP contribution in [0.4, 0.5) is 0 Å². The Bertz CT molecular complexity index is 842. The second-order valence-electron chi connectivity index (χ2n) is 5.80. The predicted octanol–water partition coefficient (Wildman–Crippen LogP) is 0.852. The van der Waals surface area contributed by atoms with Gasteiger partial charge in [0.1, 0.15) is 11.1 Å². The Morgan fingerprint density at radius 1 is 1.38 bits per heavy atom. The fourth-order valence-electron chi connectivity index (χ4n) is 3.43. The van der Waals surface area contributed by atoms with Crippen molar-refractivity contribution in [1.82, 2.24) is 14.9 Å². The molecule has 2 aliphatic rings. The lowest BCUT2D eigenvalue weighted by atomic mass is 10.2. The lowest BCUT2D eigenvalue weighted by Crippen LogP contribution is -2.38. The van der Waals surface area contributed by atoms with Crippen LogP contribution in [0.1, 0.15) is 40.3 Å². The molecule has 1 aliphatic carbocycles. The highest BCUT2D eigenvalue weighted by Gasteiger charge is 2.31. The van der Waals surface area contributed by atoms with Crippen LogP contribution in [0.2, 0.25) is 0 Å². The minimum Gasteiger partial charge on any atom is -0.333 e. The lowest BCUT2D eigenvalue weighted by Gasteiger charge is -2.19. The van der Waals surface area contributed by atoms with Crippen molar-refractivity contribution in [1.29, 1.82) is 0 Å². The maximum atomic E-state index is 12.5. The van der Waals surface area contributed by atoms with E-state index >= 15 is 0 Å². The van der Waals surface area contributed by atoms with Crippen molar-refractivity contribution in [3.63, 3.8) is 0 Å². The smallest absolute Gasteiger partial charge is 0.290 e. The molecule has 2 aromatic rings. The van der Waals surface area contributed by atoms with Crippen LogP contribution in [-0.4, -0.2) is 46.7 Å². The number of thiophene rings is 1. The average molecular weight is 348 g/mol. The van der Waals surface area contributed by atoms with Crippen molar-refractivity contribution in [3.8, 4) is 0 Å². The van der Waals surface area contributed by atoms with Gasteiger partial charge in [0.05, 0.1) is 11.4 Å². The normalized spacial score (nSPS) is 19.1. The summed E-state index contributed by atoms with van der Waals surface area (Å²) in [4.78, 5) is 46.3. The first-order chi connectivity index (χ1) is 11.7. The molecule has 0 spiro atoms. The van der Waals surface area contributed by atoms with Gasteiger partial charge in [0.25, 0.3) is 11.5 Å². The number of aromatic amines is 1. The SMILES string of the molecule is CN.O=CC1CCCN1C(=O)c1nc2sc3c(c2c(=O)[nH]1)CCC3. The average Bonchev–Trinajstić information content (AvgIpc) is 3.30. The van der Waals surface area contributed by atoms with Gasteiger partial charge in [-0.1, -0.05) is 0 Å². The molecule has 0 radical (unpaired) electrons. The molecule has 1 saturated heterocycles. The van der Waals surface area contributed by atoms with Gasteiger partial charge < -0.3 is 20.4 Å².